The van der Waals surface area contributed by atoms with Crippen LogP contribution in [0.25, 0.3) is 0 Å². The van der Waals surface area contributed by atoms with Gasteiger partial charge in [0, 0.05) is 29.5 Å². The maximum absolute atomic E-state index is 13.0. The van der Waals surface area contributed by atoms with E-state index in [0.717, 1.165) is 29.8 Å². The third-order valence-corrected chi connectivity index (χ3v) is 4.13. The number of ether oxygens (including phenoxy) is 2. The lowest BCUT2D eigenvalue weighted by molar-refractivity contribution is 0.0984. The Balaban J connectivity index is 0.00000208. The Morgan fingerprint density at radius 1 is 1.12 bits per heavy atom. The van der Waals surface area contributed by atoms with E-state index in [0.29, 0.717) is 23.6 Å². The number of amides is 1. The number of nitrogens with two attached hydrogens (primary N) is 1. The predicted octanol–water partition coefficient (Wildman–Crippen LogP) is 3.30. The summed E-state index contributed by atoms with van der Waals surface area (Å²) >= 11 is 0. The molecule has 2 aromatic rings. The smallest absolute Gasteiger partial charge is 0.258 e. The van der Waals surface area contributed by atoms with Crippen LogP contribution in [0.1, 0.15) is 22.3 Å². The number of anilines is 2. The first-order valence-corrected chi connectivity index (χ1v) is 7.56. The van der Waals surface area contributed by atoms with E-state index in [1.54, 1.807) is 37.3 Å². The first kappa shape index (κ1) is 17.9. The standard InChI is InChI=1S/C18H20N2O3.ClH/c1-22-13-9-12(10-14(11-13)23-2)18(21)20-8-4-5-15-16(19)6-3-7-17(15)20;/h3,6-7,9-11H,4-5,8,19H2,1-2H3;1H. The molecule has 5 nitrogen and oxygen atoms in total. The van der Waals surface area contributed by atoms with Crippen molar-refractivity contribution in [2.75, 3.05) is 31.4 Å². The number of rotatable bonds is 3. The molecule has 0 saturated carbocycles. The molecule has 0 atom stereocenters. The lowest BCUT2D eigenvalue weighted by Crippen LogP contribution is -2.35. The van der Waals surface area contributed by atoms with Crippen molar-refractivity contribution in [1.82, 2.24) is 0 Å². The van der Waals surface area contributed by atoms with Gasteiger partial charge in [-0.15, -0.1) is 12.4 Å². The summed E-state index contributed by atoms with van der Waals surface area (Å²) in [5, 5.41) is 0. The topological polar surface area (TPSA) is 64.8 Å². The minimum absolute atomic E-state index is 0. The molecule has 1 heterocycles. The number of hydrogen-bond acceptors (Lipinski definition) is 4. The number of carbonyl (C=O) groups is 1. The average Bonchev–Trinajstić information content (AvgIpc) is 2.60. The fourth-order valence-corrected chi connectivity index (χ4v) is 2.95. The lowest BCUT2D eigenvalue weighted by atomic mass is 9.99. The van der Waals surface area contributed by atoms with Gasteiger partial charge in [-0.1, -0.05) is 6.07 Å². The number of nitrogens with zero attached hydrogens (tertiary/aromatic N) is 1. The zero-order valence-corrected chi connectivity index (χ0v) is 14.6. The van der Waals surface area contributed by atoms with Gasteiger partial charge in [0.15, 0.2) is 0 Å². The van der Waals surface area contributed by atoms with E-state index in [-0.39, 0.29) is 18.3 Å². The van der Waals surface area contributed by atoms with E-state index >= 15 is 0 Å². The Morgan fingerprint density at radius 2 is 1.79 bits per heavy atom. The van der Waals surface area contributed by atoms with Gasteiger partial charge in [0.05, 0.1) is 14.2 Å². The fourth-order valence-electron chi connectivity index (χ4n) is 2.95. The Hall–Kier alpha value is -2.40. The second kappa shape index (κ2) is 7.45. The van der Waals surface area contributed by atoms with Crippen LogP contribution < -0.4 is 20.1 Å². The SMILES string of the molecule is COc1cc(OC)cc(C(=O)N2CCCc3c(N)cccc32)c1.Cl. The molecule has 1 aliphatic rings. The number of methoxy groups -OCH3 is 2. The molecule has 3 rings (SSSR count). The minimum Gasteiger partial charge on any atom is -0.497 e. The summed E-state index contributed by atoms with van der Waals surface area (Å²) in [6, 6.07) is 10.9. The van der Waals surface area contributed by atoms with Gasteiger partial charge in [0.2, 0.25) is 0 Å². The lowest BCUT2D eigenvalue weighted by Gasteiger charge is -2.30. The Kier molecular flexibility index (Phi) is 5.57. The number of fused-ring (bicyclic) bond motifs is 1. The first-order chi connectivity index (χ1) is 11.1. The number of nitrogen functional groups attached to an aromatic ring is 1. The molecule has 0 aromatic heterocycles. The Bertz CT molecular complexity index is 727. The van der Waals surface area contributed by atoms with Gasteiger partial charge in [0.25, 0.3) is 5.91 Å². The van der Waals surface area contributed by atoms with Crippen LogP contribution in [0, 0.1) is 0 Å². The highest BCUT2D eigenvalue weighted by Gasteiger charge is 2.25. The molecule has 0 bridgehead atoms. The number of hydrogen-bond donors (Lipinski definition) is 1. The largest absolute Gasteiger partial charge is 0.497 e. The second-order valence-electron chi connectivity index (χ2n) is 5.51. The van der Waals surface area contributed by atoms with Crippen LogP contribution in [0.5, 0.6) is 11.5 Å². The number of benzene rings is 2. The maximum Gasteiger partial charge on any atom is 0.258 e. The van der Waals surface area contributed by atoms with E-state index in [4.69, 9.17) is 15.2 Å². The highest BCUT2D eigenvalue weighted by atomic mass is 35.5. The van der Waals surface area contributed by atoms with Gasteiger partial charge < -0.3 is 20.1 Å². The molecule has 0 spiro atoms. The van der Waals surface area contributed by atoms with Crippen molar-refractivity contribution in [2.24, 2.45) is 0 Å². The molecule has 6 heteroatoms. The molecule has 0 unspecified atom stereocenters. The molecule has 2 N–H and O–H groups in total. The van der Waals surface area contributed by atoms with Crippen molar-refractivity contribution in [3.63, 3.8) is 0 Å². The highest BCUT2D eigenvalue weighted by Crippen LogP contribution is 2.33. The van der Waals surface area contributed by atoms with Gasteiger partial charge in [-0.05, 0) is 42.7 Å². The van der Waals surface area contributed by atoms with Crippen LogP contribution in [0.3, 0.4) is 0 Å². The molecule has 0 radical (unpaired) electrons. The Morgan fingerprint density at radius 3 is 2.42 bits per heavy atom. The third kappa shape index (κ3) is 3.26. The van der Waals surface area contributed by atoms with Crippen molar-refractivity contribution >= 4 is 29.7 Å². The van der Waals surface area contributed by atoms with Crippen LogP contribution in [0.15, 0.2) is 36.4 Å². The molecule has 24 heavy (non-hydrogen) atoms. The van der Waals surface area contributed by atoms with Crippen LogP contribution in [-0.2, 0) is 6.42 Å². The zero-order chi connectivity index (χ0) is 16.4. The Labute approximate surface area is 147 Å². The molecule has 0 aliphatic carbocycles. The summed E-state index contributed by atoms with van der Waals surface area (Å²) in [5.74, 6) is 1.11. The zero-order valence-electron chi connectivity index (χ0n) is 13.7. The van der Waals surface area contributed by atoms with Crippen molar-refractivity contribution < 1.29 is 14.3 Å². The summed E-state index contributed by atoms with van der Waals surface area (Å²) < 4.78 is 10.5. The monoisotopic (exact) mass is 348 g/mol. The molecular weight excluding hydrogens is 328 g/mol. The minimum atomic E-state index is -0.0752. The molecule has 1 aliphatic heterocycles. The quantitative estimate of drug-likeness (QED) is 0.864. The summed E-state index contributed by atoms with van der Waals surface area (Å²) in [6.45, 7) is 0.675. The summed E-state index contributed by atoms with van der Waals surface area (Å²) in [6.07, 6.45) is 1.79. The highest BCUT2D eigenvalue weighted by molar-refractivity contribution is 6.07. The van der Waals surface area contributed by atoms with Crippen LogP contribution in [0.4, 0.5) is 11.4 Å². The van der Waals surface area contributed by atoms with Gasteiger partial charge >= 0.3 is 0 Å². The first-order valence-electron chi connectivity index (χ1n) is 7.56. The molecule has 0 saturated heterocycles. The van der Waals surface area contributed by atoms with E-state index in [2.05, 4.69) is 0 Å². The van der Waals surface area contributed by atoms with E-state index < -0.39 is 0 Å². The van der Waals surface area contributed by atoms with Crippen molar-refractivity contribution in [2.45, 2.75) is 12.8 Å². The van der Waals surface area contributed by atoms with E-state index in [9.17, 15) is 4.79 Å². The molecule has 0 fully saturated rings. The van der Waals surface area contributed by atoms with Crippen molar-refractivity contribution in [3.05, 3.63) is 47.5 Å². The van der Waals surface area contributed by atoms with Crippen molar-refractivity contribution in [1.29, 1.82) is 0 Å². The summed E-state index contributed by atoms with van der Waals surface area (Å²) in [4.78, 5) is 14.8. The van der Waals surface area contributed by atoms with E-state index in [1.807, 2.05) is 18.2 Å². The molecule has 2 aromatic carbocycles. The molecular formula is C18H21ClN2O3. The number of halogens is 1. The molecule has 128 valence electrons. The van der Waals surface area contributed by atoms with Crippen molar-refractivity contribution in [3.8, 4) is 11.5 Å². The molecule has 1 amide bonds. The van der Waals surface area contributed by atoms with Crippen LogP contribution in [-0.4, -0.2) is 26.7 Å². The van der Waals surface area contributed by atoms with Gasteiger partial charge in [0.1, 0.15) is 11.5 Å². The second-order valence-corrected chi connectivity index (χ2v) is 5.51. The van der Waals surface area contributed by atoms with Crippen LogP contribution >= 0.6 is 12.4 Å². The fraction of sp³-hybridized carbons (Fsp3) is 0.278. The predicted molar refractivity (Wildman–Crippen MR) is 97.6 cm³/mol. The average molecular weight is 349 g/mol. The number of carbonyl (C=O) groups excluding carboxylic acids is 1. The third-order valence-electron chi connectivity index (χ3n) is 4.13. The van der Waals surface area contributed by atoms with Gasteiger partial charge in [-0.2, -0.15) is 0 Å². The summed E-state index contributed by atoms with van der Waals surface area (Å²) in [5.41, 5.74) is 9.27. The van der Waals surface area contributed by atoms with Crippen LogP contribution in [0.2, 0.25) is 0 Å². The normalized spacial score (nSPS) is 12.8. The van der Waals surface area contributed by atoms with E-state index in [1.165, 1.54) is 0 Å². The summed E-state index contributed by atoms with van der Waals surface area (Å²) in [7, 11) is 3.14. The maximum atomic E-state index is 13.0. The van der Waals surface area contributed by atoms with Gasteiger partial charge in [-0.3, -0.25) is 4.79 Å². The van der Waals surface area contributed by atoms with Gasteiger partial charge in [-0.25, -0.2) is 0 Å².